The molecule has 0 saturated carbocycles. The van der Waals surface area contributed by atoms with Crippen LogP contribution in [0.3, 0.4) is 0 Å². The van der Waals surface area contributed by atoms with Gasteiger partial charge in [-0.15, -0.1) is 0 Å². The number of Topliss-reactive ketones (excluding diaryl/α,β-unsaturated/α-hetero) is 1. The molecule has 0 spiro atoms. The van der Waals surface area contributed by atoms with Gasteiger partial charge in [-0.1, -0.05) is 50.1 Å². The lowest BCUT2D eigenvalue weighted by Crippen LogP contribution is -2.49. The van der Waals surface area contributed by atoms with E-state index in [2.05, 4.69) is 4.99 Å². The number of benzene rings is 1. The van der Waals surface area contributed by atoms with E-state index in [4.69, 9.17) is 22.1 Å². The largest absolute Gasteiger partial charge is 0.469 e. The maximum Gasteiger partial charge on any atom is 0.205 e. The second kappa shape index (κ2) is 6.58. The van der Waals surface area contributed by atoms with Crippen molar-refractivity contribution in [3.05, 3.63) is 34.9 Å². The molecule has 2 N–H and O–H groups in total. The molecule has 0 aliphatic carbocycles. The van der Waals surface area contributed by atoms with Crippen molar-refractivity contribution in [3.63, 3.8) is 0 Å². The first-order valence-electron chi connectivity index (χ1n) is 7.33. The highest BCUT2D eigenvalue weighted by atomic mass is 35.5. The van der Waals surface area contributed by atoms with Crippen LogP contribution in [0, 0.1) is 0 Å². The normalized spacial score (nSPS) is 25.4. The molecule has 0 bridgehead atoms. The lowest BCUT2D eigenvalue weighted by molar-refractivity contribution is -0.134. The summed E-state index contributed by atoms with van der Waals surface area (Å²) in [4.78, 5) is 17.5. The molecule has 2 atom stereocenters. The van der Waals surface area contributed by atoms with Crippen LogP contribution in [0.1, 0.15) is 38.7 Å². The monoisotopic (exact) mass is 308 g/mol. The highest BCUT2D eigenvalue weighted by Crippen LogP contribution is 2.40. The second-order valence-electron chi connectivity index (χ2n) is 5.18. The van der Waals surface area contributed by atoms with Crippen molar-refractivity contribution in [2.24, 2.45) is 10.7 Å². The van der Waals surface area contributed by atoms with Crippen molar-refractivity contribution in [1.82, 2.24) is 0 Å². The number of hydrogen-bond acceptors (Lipinski definition) is 4. The zero-order chi connectivity index (χ0) is 15.5. The molecule has 5 heteroatoms. The lowest BCUT2D eigenvalue weighted by Gasteiger charge is -2.37. The van der Waals surface area contributed by atoms with E-state index in [1.807, 2.05) is 32.0 Å². The molecule has 21 heavy (non-hydrogen) atoms. The number of ether oxygens (including phenoxy) is 1. The van der Waals surface area contributed by atoms with Gasteiger partial charge in [0, 0.05) is 10.6 Å². The number of rotatable bonds is 5. The van der Waals surface area contributed by atoms with Gasteiger partial charge in [-0.25, -0.2) is 4.99 Å². The van der Waals surface area contributed by atoms with Gasteiger partial charge >= 0.3 is 0 Å². The number of carbonyl (C=O) groups is 1. The third-order valence-corrected chi connectivity index (χ3v) is 4.10. The quantitative estimate of drug-likeness (QED) is 0.909. The highest BCUT2D eigenvalue weighted by Gasteiger charge is 2.47. The molecular weight excluding hydrogens is 288 g/mol. The van der Waals surface area contributed by atoms with E-state index in [1.54, 1.807) is 6.07 Å². The predicted molar refractivity (Wildman–Crippen MR) is 84.7 cm³/mol. The van der Waals surface area contributed by atoms with Crippen molar-refractivity contribution in [3.8, 4) is 0 Å². The molecule has 1 aliphatic heterocycles. The summed E-state index contributed by atoms with van der Waals surface area (Å²) in [5.74, 6) is 0.395. The minimum atomic E-state index is -0.972. The minimum absolute atomic E-state index is 0.0304. The van der Waals surface area contributed by atoms with Crippen LogP contribution in [0.4, 0.5) is 0 Å². The Labute approximate surface area is 130 Å². The number of aliphatic imine (C=N–C) groups is 1. The fraction of sp³-hybridized carbons (Fsp3) is 0.500. The van der Waals surface area contributed by atoms with Crippen LogP contribution in [-0.2, 0) is 15.1 Å². The maximum absolute atomic E-state index is 13.0. The first kappa shape index (κ1) is 16.0. The Balaban J connectivity index is 2.64. The van der Waals surface area contributed by atoms with Gasteiger partial charge in [0.05, 0.1) is 6.54 Å². The Morgan fingerprint density at radius 2 is 2.10 bits per heavy atom. The molecule has 1 heterocycles. The number of ketones is 1. The Morgan fingerprint density at radius 3 is 2.67 bits per heavy atom. The van der Waals surface area contributed by atoms with Crippen LogP contribution < -0.4 is 5.73 Å². The van der Waals surface area contributed by atoms with Gasteiger partial charge in [-0.2, -0.15) is 0 Å². The summed E-state index contributed by atoms with van der Waals surface area (Å²) < 4.78 is 5.59. The molecule has 1 aliphatic rings. The summed E-state index contributed by atoms with van der Waals surface area (Å²) >= 11 is 6.34. The summed E-state index contributed by atoms with van der Waals surface area (Å²) in [6.45, 7) is 4.13. The number of carbonyl (C=O) groups excluding carboxylic acids is 1. The number of nitrogens with two attached hydrogens (primary N) is 1. The summed E-state index contributed by atoms with van der Waals surface area (Å²) in [5, 5.41) is 0.552. The summed E-state index contributed by atoms with van der Waals surface area (Å²) in [6.07, 6.45) is 1.49. The average Bonchev–Trinajstić information content (AvgIpc) is 2.50. The zero-order valence-corrected chi connectivity index (χ0v) is 13.2. The molecule has 0 fully saturated rings. The first-order valence-corrected chi connectivity index (χ1v) is 7.71. The van der Waals surface area contributed by atoms with Gasteiger partial charge in [0.25, 0.3) is 0 Å². The zero-order valence-electron chi connectivity index (χ0n) is 12.4. The fourth-order valence-corrected chi connectivity index (χ4v) is 3.10. The van der Waals surface area contributed by atoms with E-state index in [0.717, 1.165) is 12.0 Å². The highest BCUT2D eigenvalue weighted by molar-refractivity contribution is 6.31. The van der Waals surface area contributed by atoms with E-state index < -0.39 is 11.6 Å². The lowest BCUT2D eigenvalue weighted by atomic mass is 9.79. The van der Waals surface area contributed by atoms with E-state index >= 15 is 0 Å². The third-order valence-electron chi connectivity index (χ3n) is 3.77. The smallest absolute Gasteiger partial charge is 0.205 e. The fourth-order valence-electron chi connectivity index (χ4n) is 2.81. The Hall–Kier alpha value is -1.39. The van der Waals surface area contributed by atoms with Gasteiger partial charge in [0.1, 0.15) is 0 Å². The molecule has 0 saturated heterocycles. The topological polar surface area (TPSA) is 64.7 Å². The molecule has 2 unspecified atom stereocenters. The molecule has 114 valence electrons. The third kappa shape index (κ3) is 2.83. The van der Waals surface area contributed by atoms with E-state index in [-0.39, 0.29) is 12.3 Å². The molecule has 1 aromatic carbocycles. The van der Waals surface area contributed by atoms with Crippen LogP contribution >= 0.6 is 11.6 Å². The Bertz CT molecular complexity index is 559. The predicted octanol–water partition coefficient (Wildman–Crippen LogP) is 3.07. The molecule has 1 aromatic rings. The minimum Gasteiger partial charge on any atom is -0.469 e. The molecule has 0 amide bonds. The molecule has 0 aromatic heterocycles. The molecule has 0 radical (unpaired) electrons. The van der Waals surface area contributed by atoms with E-state index in [1.165, 1.54) is 0 Å². The van der Waals surface area contributed by atoms with Crippen LogP contribution in [-0.4, -0.2) is 24.3 Å². The molecule has 4 nitrogen and oxygen atoms in total. The van der Waals surface area contributed by atoms with E-state index in [9.17, 15) is 4.79 Å². The number of nitrogens with zero attached hydrogens (tertiary/aromatic N) is 1. The van der Waals surface area contributed by atoms with Crippen molar-refractivity contribution in [2.45, 2.75) is 44.8 Å². The average molecular weight is 309 g/mol. The summed E-state index contributed by atoms with van der Waals surface area (Å²) in [5.41, 5.74) is 5.47. The standard InChI is InChI=1S/C16H21ClN2O2/c1-3-9-16(11-7-5-6-8-12(11)17)15(20)13(4-2)21-14(10-18)19-16/h5-8,13H,3-4,9-10,18H2,1-2H3. The van der Waals surface area contributed by atoms with Gasteiger partial charge < -0.3 is 10.5 Å². The van der Waals surface area contributed by atoms with Crippen molar-refractivity contribution < 1.29 is 9.53 Å². The second-order valence-corrected chi connectivity index (χ2v) is 5.59. The first-order chi connectivity index (χ1) is 10.1. The Kier molecular flexibility index (Phi) is 5.01. The van der Waals surface area contributed by atoms with Crippen molar-refractivity contribution in [2.75, 3.05) is 6.54 Å². The Morgan fingerprint density at radius 1 is 1.38 bits per heavy atom. The summed E-state index contributed by atoms with van der Waals surface area (Å²) in [6, 6.07) is 7.38. The van der Waals surface area contributed by atoms with Gasteiger partial charge in [0.2, 0.25) is 5.78 Å². The van der Waals surface area contributed by atoms with Crippen molar-refractivity contribution in [1.29, 1.82) is 0 Å². The SMILES string of the molecule is CCCC1(c2ccccc2Cl)N=C(CN)OC(CC)C1=O. The molecule has 2 rings (SSSR count). The van der Waals surface area contributed by atoms with Gasteiger partial charge in [-0.3, -0.25) is 4.79 Å². The number of halogens is 1. The van der Waals surface area contributed by atoms with E-state index in [0.29, 0.717) is 23.8 Å². The molecular formula is C16H21ClN2O2. The summed E-state index contributed by atoms with van der Waals surface area (Å²) in [7, 11) is 0. The van der Waals surface area contributed by atoms with Gasteiger partial charge in [-0.05, 0) is 18.9 Å². The number of hydrogen-bond donors (Lipinski definition) is 1. The maximum atomic E-state index is 13.0. The van der Waals surface area contributed by atoms with Crippen LogP contribution in [0.2, 0.25) is 5.02 Å². The van der Waals surface area contributed by atoms with Crippen molar-refractivity contribution >= 4 is 23.3 Å². The van der Waals surface area contributed by atoms with Crippen LogP contribution in [0.5, 0.6) is 0 Å². The van der Waals surface area contributed by atoms with Crippen LogP contribution in [0.25, 0.3) is 0 Å². The van der Waals surface area contributed by atoms with Gasteiger partial charge in [0.15, 0.2) is 17.5 Å². The van der Waals surface area contributed by atoms with Crippen LogP contribution in [0.15, 0.2) is 29.3 Å².